The molecular formula is C35H38ClN3O4S. The van der Waals surface area contributed by atoms with Crippen LogP contribution in [0.15, 0.2) is 102 Å². The maximum absolute atomic E-state index is 14.5. The van der Waals surface area contributed by atoms with Crippen molar-refractivity contribution in [3.8, 4) is 0 Å². The summed E-state index contributed by atoms with van der Waals surface area (Å²) in [6.07, 6.45) is 0.259. The number of carbonyl (C=O) groups is 2. The number of nitrogens with one attached hydrogen (secondary N) is 1. The number of hydrogen-bond acceptors (Lipinski definition) is 4. The number of sulfonamides is 1. The molecule has 0 fully saturated rings. The lowest BCUT2D eigenvalue weighted by Crippen LogP contribution is -2.53. The van der Waals surface area contributed by atoms with Crippen LogP contribution in [0.3, 0.4) is 0 Å². The van der Waals surface area contributed by atoms with Crippen LogP contribution in [-0.2, 0) is 32.6 Å². The normalized spacial score (nSPS) is 11.9. The second-order valence-corrected chi connectivity index (χ2v) is 13.2. The summed E-state index contributed by atoms with van der Waals surface area (Å²) in [5, 5.41) is 3.33. The quantitative estimate of drug-likeness (QED) is 0.201. The topological polar surface area (TPSA) is 86.8 Å². The standard InChI is InChI=1S/C35H38ClN3O4S/c1-5-37-35(41)33(22-28-9-7-6-8-10-28)38(23-29-15-11-25(2)12-16-29)34(40)24-39(32-20-17-30(36)21-27(32)4)44(42,43)31-18-13-26(3)14-19-31/h6-21,33H,5,22-24H2,1-4H3,(H,37,41). The third-order valence-electron chi connectivity index (χ3n) is 7.41. The monoisotopic (exact) mass is 631 g/mol. The molecule has 0 aliphatic rings. The van der Waals surface area contributed by atoms with Crippen molar-refractivity contribution < 1.29 is 18.0 Å². The molecule has 0 aliphatic carbocycles. The van der Waals surface area contributed by atoms with E-state index in [-0.39, 0.29) is 23.8 Å². The van der Waals surface area contributed by atoms with Gasteiger partial charge in [-0.2, -0.15) is 0 Å². The second kappa shape index (κ2) is 14.6. The highest BCUT2D eigenvalue weighted by Gasteiger charge is 2.35. The molecule has 1 atom stereocenters. The molecule has 2 amide bonds. The van der Waals surface area contributed by atoms with Gasteiger partial charge in [0.2, 0.25) is 11.8 Å². The molecule has 0 aliphatic heterocycles. The van der Waals surface area contributed by atoms with Gasteiger partial charge in [0.25, 0.3) is 10.0 Å². The highest BCUT2D eigenvalue weighted by molar-refractivity contribution is 7.92. The summed E-state index contributed by atoms with van der Waals surface area (Å²) in [6, 6.07) is 27.7. The van der Waals surface area contributed by atoms with E-state index < -0.39 is 28.5 Å². The molecule has 4 aromatic rings. The van der Waals surface area contributed by atoms with Crippen LogP contribution in [0.4, 0.5) is 5.69 Å². The number of halogens is 1. The second-order valence-electron chi connectivity index (χ2n) is 10.9. The largest absolute Gasteiger partial charge is 0.355 e. The number of amides is 2. The fraction of sp³-hybridized carbons (Fsp3) is 0.257. The van der Waals surface area contributed by atoms with Crippen molar-refractivity contribution >= 4 is 39.1 Å². The van der Waals surface area contributed by atoms with Gasteiger partial charge in [0.15, 0.2) is 0 Å². The smallest absolute Gasteiger partial charge is 0.264 e. The zero-order chi connectivity index (χ0) is 31.9. The molecule has 0 aromatic heterocycles. The number of benzene rings is 4. The van der Waals surface area contributed by atoms with E-state index in [1.54, 1.807) is 37.3 Å². The molecule has 9 heteroatoms. The Morgan fingerprint density at radius 2 is 1.43 bits per heavy atom. The number of anilines is 1. The van der Waals surface area contributed by atoms with Crippen molar-refractivity contribution in [2.45, 2.75) is 51.6 Å². The van der Waals surface area contributed by atoms with E-state index in [9.17, 15) is 18.0 Å². The first-order chi connectivity index (χ1) is 21.0. The number of carbonyl (C=O) groups excluding carboxylic acids is 2. The first-order valence-electron chi connectivity index (χ1n) is 14.5. The Kier molecular flexibility index (Phi) is 10.8. The van der Waals surface area contributed by atoms with Gasteiger partial charge in [-0.25, -0.2) is 8.42 Å². The summed E-state index contributed by atoms with van der Waals surface area (Å²) >= 11 is 6.22. The van der Waals surface area contributed by atoms with E-state index in [1.807, 2.05) is 75.4 Å². The van der Waals surface area contributed by atoms with Crippen LogP contribution in [0.25, 0.3) is 0 Å². The third kappa shape index (κ3) is 8.07. The van der Waals surface area contributed by atoms with Gasteiger partial charge in [0.1, 0.15) is 12.6 Å². The number of likely N-dealkylation sites (N-methyl/N-ethyl adjacent to an activating group) is 1. The lowest BCUT2D eigenvalue weighted by molar-refractivity contribution is -0.140. The highest BCUT2D eigenvalue weighted by atomic mass is 35.5. The molecule has 0 spiro atoms. The Balaban J connectivity index is 1.81. The van der Waals surface area contributed by atoms with Gasteiger partial charge in [-0.05, 0) is 74.7 Å². The number of aryl methyl sites for hydroxylation is 3. The van der Waals surface area contributed by atoms with Crippen molar-refractivity contribution in [3.05, 3.63) is 130 Å². The van der Waals surface area contributed by atoms with Gasteiger partial charge in [0, 0.05) is 24.5 Å². The van der Waals surface area contributed by atoms with Gasteiger partial charge in [0.05, 0.1) is 10.6 Å². The van der Waals surface area contributed by atoms with E-state index in [4.69, 9.17) is 11.6 Å². The van der Waals surface area contributed by atoms with Crippen LogP contribution in [0.5, 0.6) is 0 Å². The van der Waals surface area contributed by atoms with Crippen LogP contribution in [0.2, 0.25) is 5.02 Å². The molecule has 230 valence electrons. The average molecular weight is 632 g/mol. The van der Waals surface area contributed by atoms with Crippen LogP contribution in [-0.4, -0.2) is 44.3 Å². The molecule has 1 N–H and O–H groups in total. The van der Waals surface area contributed by atoms with E-state index in [1.165, 1.54) is 17.0 Å². The summed E-state index contributed by atoms with van der Waals surface area (Å²) < 4.78 is 29.5. The van der Waals surface area contributed by atoms with Gasteiger partial charge in [-0.3, -0.25) is 13.9 Å². The van der Waals surface area contributed by atoms with Crippen LogP contribution in [0.1, 0.15) is 34.7 Å². The van der Waals surface area contributed by atoms with E-state index in [0.29, 0.717) is 22.8 Å². The zero-order valence-corrected chi connectivity index (χ0v) is 27.0. The predicted molar refractivity (Wildman–Crippen MR) is 176 cm³/mol. The Labute approximate surface area is 265 Å². The maximum Gasteiger partial charge on any atom is 0.264 e. The molecule has 0 radical (unpaired) electrons. The first-order valence-corrected chi connectivity index (χ1v) is 16.3. The lowest BCUT2D eigenvalue weighted by atomic mass is 10.0. The predicted octanol–water partition coefficient (Wildman–Crippen LogP) is 6.24. The Morgan fingerprint density at radius 1 is 0.818 bits per heavy atom. The van der Waals surface area contributed by atoms with E-state index in [2.05, 4.69) is 5.32 Å². The minimum atomic E-state index is -4.19. The molecule has 1 unspecified atom stereocenters. The SMILES string of the molecule is CCNC(=O)C(Cc1ccccc1)N(Cc1ccc(C)cc1)C(=O)CN(c1ccc(Cl)cc1C)S(=O)(=O)c1ccc(C)cc1. The molecule has 0 saturated carbocycles. The first kappa shape index (κ1) is 32.8. The fourth-order valence-corrected chi connectivity index (χ4v) is 6.69. The van der Waals surface area contributed by atoms with Gasteiger partial charge in [-0.1, -0.05) is 89.5 Å². The highest BCUT2D eigenvalue weighted by Crippen LogP contribution is 2.30. The van der Waals surface area contributed by atoms with E-state index in [0.717, 1.165) is 26.6 Å². The maximum atomic E-state index is 14.5. The Bertz CT molecular complexity index is 1690. The molecule has 0 saturated heterocycles. The van der Waals surface area contributed by atoms with Gasteiger partial charge in [-0.15, -0.1) is 0 Å². The number of rotatable bonds is 12. The van der Waals surface area contributed by atoms with Crippen LogP contribution >= 0.6 is 11.6 Å². The van der Waals surface area contributed by atoms with Crippen molar-refractivity contribution in [3.63, 3.8) is 0 Å². The van der Waals surface area contributed by atoms with Crippen LogP contribution in [0, 0.1) is 20.8 Å². The summed E-state index contributed by atoms with van der Waals surface area (Å²) in [7, 11) is -4.19. The van der Waals surface area contributed by atoms with Crippen molar-refractivity contribution in [2.24, 2.45) is 0 Å². The summed E-state index contributed by atoms with van der Waals surface area (Å²) in [5.74, 6) is -0.824. The van der Waals surface area contributed by atoms with Crippen molar-refractivity contribution in [2.75, 3.05) is 17.4 Å². The van der Waals surface area contributed by atoms with E-state index >= 15 is 0 Å². The minimum Gasteiger partial charge on any atom is -0.355 e. The molecule has 44 heavy (non-hydrogen) atoms. The number of hydrogen-bond donors (Lipinski definition) is 1. The average Bonchev–Trinajstić information content (AvgIpc) is 2.99. The van der Waals surface area contributed by atoms with Crippen molar-refractivity contribution in [1.82, 2.24) is 10.2 Å². The van der Waals surface area contributed by atoms with Crippen molar-refractivity contribution in [1.29, 1.82) is 0 Å². The van der Waals surface area contributed by atoms with Crippen LogP contribution < -0.4 is 9.62 Å². The molecule has 4 rings (SSSR count). The summed E-state index contributed by atoms with van der Waals surface area (Å²) in [5.41, 5.74) is 4.59. The molecule has 0 heterocycles. The van der Waals surface area contributed by atoms with Gasteiger partial charge < -0.3 is 10.2 Å². The summed E-state index contributed by atoms with van der Waals surface area (Å²) in [4.78, 5) is 29.6. The lowest BCUT2D eigenvalue weighted by Gasteiger charge is -2.34. The summed E-state index contributed by atoms with van der Waals surface area (Å²) in [6.45, 7) is 7.40. The Morgan fingerprint density at radius 3 is 2.02 bits per heavy atom. The number of nitrogens with zero attached hydrogens (tertiary/aromatic N) is 2. The molecule has 7 nitrogen and oxygen atoms in total. The molecular weight excluding hydrogens is 594 g/mol. The third-order valence-corrected chi connectivity index (χ3v) is 9.42. The van der Waals surface area contributed by atoms with Gasteiger partial charge >= 0.3 is 0 Å². The molecule has 4 aromatic carbocycles. The fourth-order valence-electron chi connectivity index (χ4n) is 4.99. The molecule has 0 bridgehead atoms. The zero-order valence-electron chi connectivity index (χ0n) is 25.5. The Hall–Kier alpha value is -4.14. The minimum absolute atomic E-state index is 0.0555.